The number of anilines is 1. The molecule has 0 saturated heterocycles. The van der Waals surface area contributed by atoms with Crippen molar-refractivity contribution in [1.82, 2.24) is 9.38 Å². The number of nitrogens with one attached hydrogen (secondary N) is 1. The predicted molar refractivity (Wildman–Crippen MR) is 91.1 cm³/mol. The van der Waals surface area contributed by atoms with Crippen LogP contribution in [0.5, 0.6) is 0 Å². The lowest BCUT2D eigenvalue weighted by atomic mass is 10.1. The lowest BCUT2D eigenvalue weighted by Gasteiger charge is -2.12. The second kappa shape index (κ2) is 6.27. The minimum absolute atomic E-state index is 0.0328. The van der Waals surface area contributed by atoms with Crippen molar-refractivity contribution in [2.75, 3.05) is 5.32 Å². The predicted octanol–water partition coefficient (Wildman–Crippen LogP) is 4.41. The van der Waals surface area contributed by atoms with Gasteiger partial charge in [0.25, 0.3) is 0 Å². The maximum atomic E-state index is 14.3. The first kappa shape index (κ1) is 15.7. The smallest absolute Gasteiger partial charge is 0.228 e. The van der Waals surface area contributed by atoms with Crippen molar-refractivity contribution < 1.29 is 13.6 Å². The Hall–Kier alpha value is -2.76. The van der Waals surface area contributed by atoms with E-state index in [9.17, 15) is 13.6 Å². The number of pyridine rings is 1. The maximum Gasteiger partial charge on any atom is 0.228 e. The Labute approximate surface area is 143 Å². The summed E-state index contributed by atoms with van der Waals surface area (Å²) >= 11 is 0. The monoisotopic (exact) mass is 341 g/mol. The van der Waals surface area contributed by atoms with Gasteiger partial charge in [0.15, 0.2) is 0 Å². The van der Waals surface area contributed by atoms with Crippen LogP contribution in [0.2, 0.25) is 0 Å². The number of rotatable bonds is 3. The Balaban J connectivity index is 1.83. The van der Waals surface area contributed by atoms with E-state index in [2.05, 4.69) is 10.3 Å². The van der Waals surface area contributed by atoms with Crippen molar-refractivity contribution in [3.8, 4) is 11.3 Å². The minimum Gasteiger partial charge on any atom is -0.310 e. The fraction of sp³-hybridized carbons (Fsp3) is 0.263. The van der Waals surface area contributed by atoms with E-state index >= 15 is 0 Å². The van der Waals surface area contributed by atoms with Crippen molar-refractivity contribution >= 4 is 17.4 Å². The summed E-state index contributed by atoms with van der Waals surface area (Å²) in [7, 11) is 0. The molecule has 0 radical (unpaired) electrons. The molecular formula is C19H17F2N3O. The number of carbonyl (C=O) groups excluding carboxylic acids is 1. The second-order valence-electron chi connectivity index (χ2n) is 6.33. The summed E-state index contributed by atoms with van der Waals surface area (Å²) in [4.78, 5) is 17.0. The van der Waals surface area contributed by atoms with Crippen LogP contribution in [0.1, 0.15) is 25.7 Å². The zero-order chi connectivity index (χ0) is 17.4. The van der Waals surface area contributed by atoms with Crippen LogP contribution in [-0.4, -0.2) is 15.3 Å². The van der Waals surface area contributed by atoms with E-state index in [4.69, 9.17) is 0 Å². The van der Waals surface area contributed by atoms with Crippen LogP contribution in [0.15, 0.2) is 42.6 Å². The number of amides is 1. The Morgan fingerprint density at radius 3 is 2.76 bits per heavy atom. The topological polar surface area (TPSA) is 46.4 Å². The van der Waals surface area contributed by atoms with Gasteiger partial charge in [-0.05, 0) is 43.2 Å². The van der Waals surface area contributed by atoms with Crippen LogP contribution in [0.25, 0.3) is 16.9 Å². The van der Waals surface area contributed by atoms with E-state index < -0.39 is 11.6 Å². The zero-order valence-electron chi connectivity index (χ0n) is 13.5. The summed E-state index contributed by atoms with van der Waals surface area (Å²) in [6.45, 7) is 0. The van der Waals surface area contributed by atoms with Gasteiger partial charge < -0.3 is 5.32 Å². The molecule has 1 saturated carbocycles. The normalized spacial score (nSPS) is 15.0. The van der Waals surface area contributed by atoms with Crippen molar-refractivity contribution in [2.24, 2.45) is 5.92 Å². The van der Waals surface area contributed by atoms with E-state index in [1.807, 2.05) is 0 Å². The molecular weight excluding hydrogens is 324 g/mol. The molecule has 0 atom stereocenters. The van der Waals surface area contributed by atoms with Crippen LogP contribution in [-0.2, 0) is 4.79 Å². The molecule has 1 N–H and O–H groups in total. The Kier molecular flexibility index (Phi) is 3.95. The van der Waals surface area contributed by atoms with Crippen LogP contribution in [0.4, 0.5) is 14.6 Å². The van der Waals surface area contributed by atoms with Gasteiger partial charge in [0.2, 0.25) is 5.91 Å². The molecule has 1 aromatic carbocycles. The standard InChI is InChI=1S/C19H17F2N3O/c20-13-8-9-15(21)14(11-13)17-18(23-19(25)12-5-1-2-6-12)24-10-4-3-7-16(24)22-17/h3-4,7-12H,1-2,5-6H2,(H,23,25). The quantitative estimate of drug-likeness (QED) is 0.767. The number of benzene rings is 1. The number of hydrogen-bond acceptors (Lipinski definition) is 2. The van der Waals surface area contributed by atoms with Gasteiger partial charge in [0.1, 0.15) is 28.8 Å². The van der Waals surface area contributed by atoms with Crippen LogP contribution in [0.3, 0.4) is 0 Å². The maximum absolute atomic E-state index is 14.3. The van der Waals surface area contributed by atoms with E-state index in [1.165, 1.54) is 0 Å². The SMILES string of the molecule is O=C(Nc1c(-c2cc(F)ccc2F)nc2ccccn12)C1CCCC1. The third kappa shape index (κ3) is 2.88. The number of aromatic nitrogens is 2. The Morgan fingerprint density at radius 2 is 1.96 bits per heavy atom. The fourth-order valence-electron chi connectivity index (χ4n) is 3.39. The third-order valence-corrected chi connectivity index (χ3v) is 4.68. The molecule has 3 aromatic rings. The van der Waals surface area contributed by atoms with E-state index in [0.29, 0.717) is 11.5 Å². The summed E-state index contributed by atoms with van der Waals surface area (Å²) in [6, 6.07) is 8.58. The molecule has 4 rings (SSSR count). The first-order valence-electron chi connectivity index (χ1n) is 8.37. The third-order valence-electron chi connectivity index (χ3n) is 4.68. The highest BCUT2D eigenvalue weighted by atomic mass is 19.1. The molecule has 1 fully saturated rings. The molecule has 2 heterocycles. The number of imidazole rings is 1. The van der Waals surface area contributed by atoms with Crippen molar-refractivity contribution in [1.29, 1.82) is 0 Å². The summed E-state index contributed by atoms with van der Waals surface area (Å²) in [5.74, 6) is -0.902. The van der Waals surface area contributed by atoms with Crippen molar-refractivity contribution in [2.45, 2.75) is 25.7 Å². The van der Waals surface area contributed by atoms with Gasteiger partial charge in [-0.15, -0.1) is 0 Å². The number of nitrogens with zero attached hydrogens (tertiary/aromatic N) is 2. The van der Waals surface area contributed by atoms with Crippen LogP contribution in [0, 0.1) is 17.6 Å². The fourth-order valence-corrected chi connectivity index (χ4v) is 3.39. The minimum atomic E-state index is -0.582. The van der Waals surface area contributed by atoms with Gasteiger partial charge in [-0.2, -0.15) is 0 Å². The molecule has 0 aliphatic heterocycles. The van der Waals surface area contributed by atoms with Gasteiger partial charge in [0, 0.05) is 17.7 Å². The molecule has 1 aliphatic rings. The summed E-state index contributed by atoms with van der Waals surface area (Å²) < 4.78 is 29.6. The molecule has 6 heteroatoms. The van der Waals surface area contributed by atoms with Gasteiger partial charge in [0.05, 0.1) is 0 Å². The highest BCUT2D eigenvalue weighted by Gasteiger charge is 2.26. The van der Waals surface area contributed by atoms with Crippen molar-refractivity contribution in [3.05, 3.63) is 54.2 Å². The van der Waals surface area contributed by atoms with E-state index in [1.54, 1.807) is 28.8 Å². The van der Waals surface area contributed by atoms with Crippen LogP contribution < -0.4 is 5.32 Å². The zero-order valence-corrected chi connectivity index (χ0v) is 13.5. The molecule has 0 unspecified atom stereocenters. The molecule has 128 valence electrons. The first-order chi connectivity index (χ1) is 12.1. The van der Waals surface area contributed by atoms with Gasteiger partial charge in [-0.25, -0.2) is 13.8 Å². The highest BCUT2D eigenvalue weighted by Crippen LogP contribution is 2.33. The van der Waals surface area contributed by atoms with Crippen molar-refractivity contribution in [3.63, 3.8) is 0 Å². The number of fused-ring (bicyclic) bond motifs is 1. The Bertz CT molecular complexity index is 945. The molecule has 0 spiro atoms. The molecule has 2 aromatic heterocycles. The first-order valence-corrected chi connectivity index (χ1v) is 8.37. The van der Waals surface area contributed by atoms with Gasteiger partial charge in [-0.1, -0.05) is 18.9 Å². The Morgan fingerprint density at radius 1 is 1.16 bits per heavy atom. The second-order valence-corrected chi connectivity index (χ2v) is 6.33. The lowest BCUT2D eigenvalue weighted by molar-refractivity contribution is -0.119. The number of carbonyl (C=O) groups is 1. The van der Waals surface area contributed by atoms with E-state index in [-0.39, 0.29) is 23.1 Å². The largest absolute Gasteiger partial charge is 0.310 e. The lowest BCUT2D eigenvalue weighted by Crippen LogP contribution is -2.21. The highest BCUT2D eigenvalue weighted by molar-refractivity contribution is 5.96. The van der Waals surface area contributed by atoms with E-state index in [0.717, 1.165) is 43.9 Å². The van der Waals surface area contributed by atoms with Gasteiger partial charge in [-0.3, -0.25) is 9.20 Å². The summed E-state index contributed by atoms with van der Waals surface area (Å²) in [5.41, 5.74) is 0.822. The van der Waals surface area contributed by atoms with Gasteiger partial charge >= 0.3 is 0 Å². The molecule has 4 nitrogen and oxygen atoms in total. The molecule has 0 bridgehead atoms. The summed E-state index contributed by atoms with van der Waals surface area (Å²) in [5, 5.41) is 2.89. The summed E-state index contributed by atoms with van der Waals surface area (Å²) in [6.07, 6.45) is 5.53. The number of hydrogen-bond donors (Lipinski definition) is 1. The number of halogens is 2. The molecule has 25 heavy (non-hydrogen) atoms. The molecule has 1 amide bonds. The van der Waals surface area contributed by atoms with Crippen LogP contribution >= 0.6 is 0 Å². The molecule has 1 aliphatic carbocycles. The average Bonchev–Trinajstić information content (AvgIpc) is 3.26. The average molecular weight is 341 g/mol.